The molecule has 0 spiro atoms. The number of hydrogen-bond acceptors (Lipinski definition) is 4. The Balaban J connectivity index is 2.31. The predicted octanol–water partition coefficient (Wildman–Crippen LogP) is 2.13. The van der Waals surface area contributed by atoms with Crippen molar-refractivity contribution >= 4 is 32.8 Å². The van der Waals surface area contributed by atoms with Gasteiger partial charge in [-0.2, -0.15) is 0 Å². The third-order valence-electron chi connectivity index (χ3n) is 3.16. The Morgan fingerprint density at radius 2 is 2.15 bits per heavy atom. The molecule has 2 rings (SSSR count). The number of aliphatic hydroxyl groups excluding tert-OH is 2. The van der Waals surface area contributed by atoms with Gasteiger partial charge in [-0.25, -0.2) is 4.79 Å². The molecule has 6 heteroatoms. The largest absolute Gasteiger partial charge is 0.464 e. The number of fused-ring (bicyclic) bond motifs is 1. The summed E-state index contributed by atoms with van der Waals surface area (Å²) in [4.78, 5) is 14.4. The number of ether oxygens (including phenoxy) is 1. The standard InChI is InChI=1S/C14H16BrNO4/c1-20-14(19)11-6-8-2-3-9(7-10(8)16-11)13(18)12(17)4-5-15/h2-3,6-7,12-13,16-18H,4-5H2,1H3. The smallest absolute Gasteiger partial charge is 0.354 e. The molecule has 0 saturated carbocycles. The van der Waals surface area contributed by atoms with Crippen molar-refractivity contribution in [2.24, 2.45) is 0 Å². The molecule has 5 nitrogen and oxygen atoms in total. The van der Waals surface area contributed by atoms with Crippen LogP contribution < -0.4 is 0 Å². The number of carbonyl (C=O) groups excluding carboxylic acids is 1. The summed E-state index contributed by atoms with van der Waals surface area (Å²) in [6, 6.07) is 6.94. The quantitative estimate of drug-likeness (QED) is 0.574. The van der Waals surface area contributed by atoms with E-state index in [1.165, 1.54) is 7.11 Å². The first-order valence-corrected chi connectivity index (χ1v) is 7.32. The van der Waals surface area contributed by atoms with Crippen LogP contribution >= 0.6 is 15.9 Å². The summed E-state index contributed by atoms with van der Waals surface area (Å²) < 4.78 is 4.65. The van der Waals surface area contributed by atoms with E-state index < -0.39 is 18.2 Å². The Labute approximate surface area is 124 Å². The number of nitrogens with one attached hydrogen (secondary N) is 1. The molecule has 2 aromatic rings. The highest BCUT2D eigenvalue weighted by Gasteiger charge is 2.18. The summed E-state index contributed by atoms with van der Waals surface area (Å²) >= 11 is 3.23. The lowest BCUT2D eigenvalue weighted by atomic mass is 10.0. The number of aliphatic hydroxyl groups is 2. The Morgan fingerprint density at radius 3 is 2.80 bits per heavy atom. The number of aromatic amines is 1. The van der Waals surface area contributed by atoms with E-state index in [0.29, 0.717) is 28.5 Å². The second kappa shape index (κ2) is 6.39. The van der Waals surface area contributed by atoms with E-state index >= 15 is 0 Å². The number of esters is 1. The molecule has 0 saturated heterocycles. The average Bonchev–Trinajstić information content (AvgIpc) is 2.88. The second-order valence-corrected chi connectivity index (χ2v) is 5.30. The lowest BCUT2D eigenvalue weighted by Gasteiger charge is -2.17. The van der Waals surface area contributed by atoms with Crippen LogP contribution in [0.5, 0.6) is 0 Å². The van der Waals surface area contributed by atoms with Crippen LogP contribution in [-0.2, 0) is 4.74 Å². The maximum atomic E-state index is 11.4. The fourth-order valence-corrected chi connectivity index (χ4v) is 2.51. The molecular weight excluding hydrogens is 326 g/mol. The lowest BCUT2D eigenvalue weighted by Crippen LogP contribution is -2.18. The number of methoxy groups -OCH3 is 1. The molecule has 0 bridgehead atoms. The highest BCUT2D eigenvalue weighted by atomic mass is 79.9. The molecule has 1 heterocycles. The molecule has 1 aromatic carbocycles. The average molecular weight is 342 g/mol. The van der Waals surface area contributed by atoms with Gasteiger partial charge in [-0.15, -0.1) is 0 Å². The topological polar surface area (TPSA) is 82.6 Å². The number of aromatic nitrogens is 1. The Morgan fingerprint density at radius 1 is 1.40 bits per heavy atom. The highest BCUT2D eigenvalue weighted by molar-refractivity contribution is 9.09. The molecule has 3 N–H and O–H groups in total. The second-order valence-electron chi connectivity index (χ2n) is 4.51. The number of carbonyl (C=O) groups is 1. The molecule has 0 aliphatic carbocycles. The van der Waals surface area contributed by atoms with Gasteiger partial charge in [0, 0.05) is 16.2 Å². The molecular formula is C14H16BrNO4. The molecule has 0 aliphatic heterocycles. The van der Waals surface area contributed by atoms with Gasteiger partial charge in [0.05, 0.1) is 13.2 Å². The third-order valence-corrected chi connectivity index (χ3v) is 3.62. The molecule has 0 amide bonds. The van der Waals surface area contributed by atoms with Crippen molar-refractivity contribution < 1.29 is 19.7 Å². The van der Waals surface area contributed by atoms with Crippen molar-refractivity contribution in [3.8, 4) is 0 Å². The molecule has 0 radical (unpaired) electrons. The van der Waals surface area contributed by atoms with E-state index in [1.807, 2.05) is 0 Å². The van der Waals surface area contributed by atoms with Crippen LogP contribution in [0.1, 0.15) is 28.6 Å². The van der Waals surface area contributed by atoms with Crippen LogP contribution in [0.2, 0.25) is 0 Å². The summed E-state index contributed by atoms with van der Waals surface area (Å²) in [5.41, 5.74) is 1.67. The third kappa shape index (κ3) is 3.03. The van der Waals surface area contributed by atoms with Gasteiger partial charge in [0.15, 0.2) is 0 Å². The molecule has 2 unspecified atom stereocenters. The van der Waals surface area contributed by atoms with E-state index in [9.17, 15) is 15.0 Å². The lowest BCUT2D eigenvalue weighted by molar-refractivity contribution is 0.0174. The summed E-state index contributed by atoms with van der Waals surface area (Å²) in [6.07, 6.45) is -1.33. The maximum absolute atomic E-state index is 11.4. The number of H-pyrrole nitrogens is 1. The first-order chi connectivity index (χ1) is 9.56. The van der Waals surface area contributed by atoms with Gasteiger partial charge < -0.3 is 19.9 Å². The van der Waals surface area contributed by atoms with Crippen LogP contribution in [-0.4, -0.2) is 39.7 Å². The van der Waals surface area contributed by atoms with Crippen LogP contribution in [0, 0.1) is 0 Å². The van der Waals surface area contributed by atoms with Gasteiger partial charge in [0.2, 0.25) is 0 Å². The fourth-order valence-electron chi connectivity index (χ4n) is 2.04. The van der Waals surface area contributed by atoms with Crippen LogP contribution in [0.3, 0.4) is 0 Å². The molecule has 20 heavy (non-hydrogen) atoms. The highest BCUT2D eigenvalue weighted by Crippen LogP contribution is 2.24. The van der Waals surface area contributed by atoms with Gasteiger partial charge in [-0.3, -0.25) is 0 Å². The van der Waals surface area contributed by atoms with E-state index in [-0.39, 0.29) is 0 Å². The zero-order valence-electron chi connectivity index (χ0n) is 11.0. The van der Waals surface area contributed by atoms with Crippen LogP contribution in [0.4, 0.5) is 0 Å². The Bertz CT molecular complexity index is 610. The number of halogens is 1. The van der Waals surface area contributed by atoms with Crippen molar-refractivity contribution in [1.29, 1.82) is 0 Å². The fraction of sp³-hybridized carbons (Fsp3) is 0.357. The van der Waals surface area contributed by atoms with E-state index in [4.69, 9.17) is 0 Å². The minimum Gasteiger partial charge on any atom is -0.464 e. The van der Waals surface area contributed by atoms with E-state index in [1.54, 1.807) is 24.3 Å². The van der Waals surface area contributed by atoms with Crippen LogP contribution in [0.25, 0.3) is 10.9 Å². The predicted molar refractivity (Wildman–Crippen MR) is 79.0 cm³/mol. The number of hydrogen-bond donors (Lipinski definition) is 3. The Kier molecular flexibility index (Phi) is 4.80. The maximum Gasteiger partial charge on any atom is 0.354 e. The van der Waals surface area contributed by atoms with Gasteiger partial charge >= 0.3 is 5.97 Å². The number of alkyl halides is 1. The normalized spacial score (nSPS) is 14.2. The summed E-state index contributed by atoms with van der Waals surface area (Å²) in [5.74, 6) is -0.442. The molecule has 108 valence electrons. The molecule has 0 fully saturated rings. The summed E-state index contributed by atoms with van der Waals surface area (Å²) in [6.45, 7) is 0. The SMILES string of the molecule is COC(=O)c1cc2ccc(C(O)C(O)CCBr)cc2[nH]1. The zero-order chi connectivity index (χ0) is 14.7. The monoisotopic (exact) mass is 341 g/mol. The van der Waals surface area contributed by atoms with Crippen molar-refractivity contribution in [3.05, 3.63) is 35.5 Å². The van der Waals surface area contributed by atoms with Gasteiger partial charge in [0.25, 0.3) is 0 Å². The van der Waals surface area contributed by atoms with Crippen LogP contribution in [0.15, 0.2) is 24.3 Å². The van der Waals surface area contributed by atoms with Gasteiger partial charge in [-0.1, -0.05) is 28.1 Å². The van der Waals surface area contributed by atoms with Gasteiger partial charge in [-0.05, 0) is 24.1 Å². The first-order valence-electron chi connectivity index (χ1n) is 6.20. The van der Waals surface area contributed by atoms with E-state index in [2.05, 4.69) is 25.7 Å². The summed E-state index contributed by atoms with van der Waals surface area (Å²) in [5, 5.41) is 21.3. The van der Waals surface area contributed by atoms with Crippen molar-refractivity contribution in [1.82, 2.24) is 4.98 Å². The molecule has 0 aliphatic rings. The van der Waals surface area contributed by atoms with Crippen molar-refractivity contribution in [3.63, 3.8) is 0 Å². The van der Waals surface area contributed by atoms with Crippen molar-refractivity contribution in [2.45, 2.75) is 18.6 Å². The van der Waals surface area contributed by atoms with Gasteiger partial charge in [0.1, 0.15) is 11.8 Å². The minimum absolute atomic E-state index is 0.357. The first kappa shape index (κ1) is 15.0. The minimum atomic E-state index is -0.957. The number of rotatable bonds is 5. The van der Waals surface area contributed by atoms with E-state index in [0.717, 1.165) is 5.39 Å². The van der Waals surface area contributed by atoms with Crippen molar-refractivity contribution in [2.75, 3.05) is 12.4 Å². The Hall–Kier alpha value is -1.37. The molecule has 2 atom stereocenters. The number of benzene rings is 1. The summed E-state index contributed by atoms with van der Waals surface area (Å²) in [7, 11) is 1.32. The molecule has 1 aromatic heterocycles. The zero-order valence-corrected chi connectivity index (χ0v) is 12.6.